The molecule has 0 atom stereocenters. The summed E-state index contributed by atoms with van der Waals surface area (Å²) in [5.74, 6) is 0. The molecule has 3 aromatic rings. The van der Waals surface area contributed by atoms with Gasteiger partial charge in [-0.2, -0.15) is 0 Å². The molecule has 0 aliphatic heterocycles. The highest BCUT2D eigenvalue weighted by Gasteiger charge is 1.98. The highest BCUT2D eigenvalue weighted by molar-refractivity contribution is 5.84. The molecule has 0 radical (unpaired) electrons. The molecule has 112 valence electrons. The van der Waals surface area contributed by atoms with E-state index in [0.29, 0.717) is 0 Å². The Morgan fingerprint density at radius 1 is 0.652 bits per heavy atom. The predicted octanol–water partition coefficient (Wildman–Crippen LogP) is 5.50. The Hall–Kier alpha value is -3.00. The summed E-state index contributed by atoms with van der Waals surface area (Å²) in [6.45, 7) is 2.06. The molecule has 0 aliphatic carbocycles. The van der Waals surface area contributed by atoms with Gasteiger partial charge in [0.05, 0.1) is 11.4 Å². The average molecular weight is 298 g/mol. The smallest absolute Gasteiger partial charge is 0.0680 e. The molecular weight excluding hydrogens is 280 g/mol. The molecule has 0 bridgehead atoms. The zero-order chi connectivity index (χ0) is 15.9. The van der Waals surface area contributed by atoms with Crippen LogP contribution in [-0.4, -0.2) is 12.4 Å². The summed E-state index contributed by atoms with van der Waals surface area (Å²) in [6, 6.07) is 26.2. The van der Waals surface area contributed by atoms with Crippen molar-refractivity contribution in [2.24, 2.45) is 9.98 Å². The third-order valence-electron chi connectivity index (χ3n) is 3.51. The maximum absolute atomic E-state index is 4.59. The molecule has 2 nitrogen and oxygen atoms in total. The van der Waals surface area contributed by atoms with Gasteiger partial charge >= 0.3 is 0 Å². The number of hydrogen-bond acceptors (Lipinski definition) is 2. The summed E-state index contributed by atoms with van der Waals surface area (Å²) in [6.07, 6.45) is 3.75. The lowest BCUT2D eigenvalue weighted by Gasteiger charge is -2.02. The van der Waals surface area contributed by atoms with Crippen molar-refractivity contribution in [2.45, 2.75) is 6.92 Å². The Balaban J connectivity index is 1.82. The summed E-state index contributed by atoms with van der Waals surface area (Å²) < 4.78 is 0. The van der Waals surface area contributed by atoms with Crippen molar-refractivity contribution in [3.63, 3.8) is 0 Å². The molecule has 0 saturated carbocycles. The van der Waals surface area contributed by atoms with E-state index in [2.05, 4.69) is 23.0 Å². The number of aliphatic imine (C=N–C) groups is 2. The Morgan fingerprint density at radius 3 is 1.83 bits per heavy atom. The molecule has 0 aliphatic rings. The van der Waals surface area contributed by atoms with E-state index >= 15 is 0 Å². The summed E-state index contributed by atoms with van der Waals surface area (Å²) in [5, 5.41) is 0. The topological polar surface area (TPSA) is 24.7 Å². The van der Waals surface area contributed by atoms with Crippen LogP contribution in [0.1, 0.15) is 16.7 Å². The van der Waals surface area contributed by atoms with Gasteiger partial charge in [-0.15, -0.1) is 0 Å². The van der Waals surface area contributed by atoms with Gasteiger partial charge in [-0.05, 0) is 35.7 Å². The lowest BCUT2D eigenvalue weighted by Crippen LogP contribution is -1.81. The Kier molecular flexibility index (Phi) is 4.75. The summed E-state index contributed by atoms with van der Waals surface area (Å²) in [7, 11) is 0. The second-order valence-electron chi connectivity index (χ2n) is 5.31. The van der Waals surface area contributed by atoms with Crippen LogP contribution in [0.3, 0.4) is 0 Å². The molecule has 0 amide bonds. The van der Waals surface area contributed by atoms with Gasteiger partial charge in [-0.25, -0.2) is 0 Å². The number of aryl methyl sites for hydroxylation is 1. The molecule has 3 rings (SSSR count). The van der Waals surface area contributed by atoms with Crippen molar-refractivity contribution in [3.8, 4) is 0 Å². The van der Waals surface area contributed by atoms with Gasteiger partial charge in [0, 0.05) is 12.4 Å². The molecular formula is C21H18N2. The fraction of sp³-hybridized carbons (Fsp3) is 0.0476. The van der Waals surface area contributed by atoms with Crippen molar-refractivity contribution >= 4 is 23.8 Å². The fourth-order valence-corrected chi connectivity index (χ4v) is 2.19. The SMILES string of the molecule is Cc1ccc(N=Cc2ccccc2)cc1N=Cc1ccccc1. The lowest BCUT2D eigenvalue weighted by atomic mass is 10.2. The van der Waals surface area contributed by atoms with E-state index in [1.165, 1.54) is 0 Å². The predicted molar refractivity (Wildman–Crippen MR) is 98.6 cm³/mol. The maximum Gasteiger partial charge on any atom is 0.0680 e. The second-order valence-corrected chi connectivity index (χ2v) is 5.31. The molecule has 23 heavy (non-hydrogen) atoms. The van der Waals surface area contributed by atoms with Crippen molar-refractivity contribution < 1.29 is 0 Å². The van der Waals surface area contributed by atoms with Crippen LogP contribution < -0.4 is 0 Å². The van der Waals surface area contributed by atoms with E-state index in [1.807, 2.05) is 85.2 Å². The first-order valence-corrected chi connectivity index (χ1v) is 7.60. The number of nitrogens with zero attached hydrogens (tertiary/aromatic N) is 2. The summed E-state index contributed by atoms with van der Waals surface area (Å²) >= 11 is 0. The minimum atomic E-state index is 0.902. The van der Waals surface area contributed by atoms with E-state index in [0.717, 1.165) is 28.1 Å². The maximum atomic E-state index is 4.59. The minimum Gasteiger partial charge on any atom is -0.256 e. The van der Waals surface area contributed by atoms with Gasteiger partial charge in [0.1, 0.15) is 0 Å². The molecule has 0 unspecified atom stereocenters. The van der Waals surface area contributed by atoms with Crippen LogP contribution in [0.15, 0.2) is 88.8 Å². The van der Waals surface area contributed by atoms with Gasteiger partial charge in [0.2, 0.25) is 0 Å². The van der Waals surface area contributed by atoms with Crippen molar-refractivity contribution in [1.82, 2.24) is 0 Å². The van der Waals surface area contributed by atoms with Crippen molar-refractivity contribution in [1.29, 1.82) is 0 Å². The highest BCUT2D eigenvalue weighted by atomic mass is 14.8. The number of hydrogen-bond donors (Lipinski definition) is 0. The monoisotopic (exact) mass is 298 g/mol. The zero-order valence-electron chi connectivity index (χ0n) is 13.1. The van der Waals surface area contributed by atoms with Gasteiger partial charge in [-0.1, -0.05) is 66.7 Å². The Labute approximate surface area is 136 Å². The number of rotatable bonds is 4. The van der Waals surface area contributed by atoms with Crippen LogP contribution in [0.25, 0.3) is 0 Å². The second kappa shape index (κ2) is 7.32. The molecule has 0 spiro atoms. The van der Waals surface area contributed by atoms with E-state index in [-0.39, 0.29) is 0 Å². The first-order valence-electron chi connectivity index (χ1n) is 7.60. The average Bonchev–Trinajstić information content (AvgIpc) is 2.62. The lowest BCUT2D eigenvalue weighted by molar-refractivity contribution is 1.38. The molecule has 0 heterocycles. The Morgan fingerprint density at radius 2 is 1.22 bits per heavy atom. The normalized spacial score (nSPS) is 11.3. The number of benzene rings is 3. The van der Waals surface area contributed by atoms with Gasteiger partial charge in [0.15, 0.2) is 0 Å². The largest absolute Gasteiger partial charge is 0.256 e. The zero-order valence-corrected chi connectivity index (χ0v) is 13.1. The fourth-order valence-electron chi connectivity index (χ4n) is 2.19. The quantitative estimate of drug-likeness (QED) is 0.568. The van der Waals surface area contributed by atoms with Gasteiger partial charge in [-0.3, -0.25) is 9.98 Å². The van der Waals surface area contributed by atoms with Crippen LogP contribution in [0.2, 0.25) is 0 Å². The summed E-state index contributed by atoms with van der Waals surface area (Å²) in [4.78, 5) is 9.13. The third kappa shape index (κ3) is 4.24. The van der Waals surface area contributed by atoms with E-state index in [1.54, 1.807) is 0 Å². The standard InChI is InChI=1S/C21H18N2/c1-17-12-13-20(22-15-18-8-4-2-5-9-18)14-21(17)23-16-19-10-6-3-7-11-19/h2-16H,1H3. The first kappa shape index (κ1) is 14.9. The van der Waals surface area contributed by atoms with Crippen molar-refractivity contribution in [3.05, 3.63) is 95.6 Å². The van der Waals surface area contributed by atoms with Crippen LogP contribution in [0.4, 0.5) is 11.4 Å². The molecule has 3 aromatic carbocycles. The Bertz CT molecular complexity index is 819. The molecule has 2 heteroatoms. The summed E-state index contributed by atoms with van der Waals surface area (Å²) in [5.41, 5.74) is 5.15. The van der Waals surface area contributed by atoms with Crippen LogP contribution >= 0.6 is 0 Å². The van der Waals surface area contributed by atoms with Crippen molar-refractivity contribution in [2.75, 3.05) is 0 Å². The first-order chi connectivity index (χ1) is 11.3. The van der Waals surface area contributed by atoms with Crippen LogP contribution in [0, 0.1) is 6.92 Å². The van der Waals surface area contributed by atoms with E-state index < -0.39 is 0 Å². The molecule has 0 N–H and O–H groups in total. The molecule has 0 saturated heterocycles. The van der Waals surface area contributed by atoms with Gasteiger partial charge < -0.3 is 0 Å². The van der Waals surface area contributed by atoms with E-state index in [4.69, 9.17) is 0 Å². The molecule has 0 fully saturated rings. The van der Waals surface area contributed by atoms with E-state index in [9.17, 15) is 0 Å². The van der Waals surface area contributed by atoms with Crippen LogP contribution in [0.5, 0.6) is 0 Å². The minimum absolute atomic E-state index is 0.902. The van der Waals surface area contributed by atoms with Gasteiger partial charge in [0.25, 0.3) is 0 Å². The third-order valence-corrected chi connectivity index (χ3v) is 3.51. The van der Waals surface area contributed by atoms with Crippen LogP contribution in [-0.2, 0) is 0 Å². The highest BCUT2D eigenvalue weighted by Crippen LogP contribution is 2.25. The molecule has 0 aromatic heterocycles.